The smallest absolute Gasteiger partial charge is 0.271 e. The zero-order valence-electron chi connectivity index (χ0n) is 16.0. The predicted molar refractivity (Wildman–Crippen MR) is 118 cm³/mol. The molecule has 6 heteroatoms. The van der Waals surface area contributed by atoms with Gasteiger partial charge in [0.05, 0.1) is 12.8 Å². The van der Waals surface area contributed by atoms with Gasteiger partial charge < -0.3 is 9.47 Å². The molecule has 3 aromatic rings. The Kier molecular flexibility index (Phi) is 7.41. The molecule has 0 atom stereocenters. The van der Waals surface area contributed by atoms with Crippen molar-refractivity contribution in [3.05, 3.63) is 94.0 Å². The molecule has 148 valence electrons. The third-order valence-electron chi connectivity index (χ3n) is 4.01. The molecule has 1 amide bonds. The minimum Gasteiger partial charge on any atom is -0.494 e. The first kappa shape index (κ1) is 20.6. The van der Waals surface area contributed by atoms with E-state index in [1.807, 2.05) is 55.5 Å². The number of benzene rings is 3. The van der Waals surface area contributed by atoms with Crippen molar-refractivity contribution in [2.75, 3.05) is 6.61 Å². The second kappa shape index (κ2) is 10.4. The highest BCUT2D eigenvalue weighted by molar-refractivity contribution is 9.10. The lowest BCUT2D eigenvalue weighted by molar-refractivity contribution is 0.0955. The summed E-state index contributed by atoms with van der Waals surface area (Å²) in [5, 5.41) is 4.01. The van der Waals surface area contributed by atoms with E-state index in [1.54, 1.807) is 30.5 Å². The Labute approximate surface area is 178 Å². The highest BCUT2D eigenvalue weighted by atomic mass is 79.9. The van der Waals surface area contributed by atoms with Crippen LogP contribution in [0.3, 0.4) is 0 Å². The van der Waals surface area contributed by atoms with Gasteiger partial charge in [0.25, 0.3) is 5.91 Å². The van der Waals surface area contributed by atoms with Gasteiger partial charge in [-0.2, -0.15) is 5.10 Å². The summed E-state index contributed by atoms with van der Waals surface area (Å²) < 4.78 is 12.2. The molecule has 0 bridgehead atoms. The lowest BCUT2D eigenvalue weighted by atomic mass is 10.2. The minimum absolute atomic E-state index is 0.279. The van der Waals surface area contributed by atoms with Crippen LogP contribution in [0.2, 0.25) is 0 Å². The normalized spacial score (nSPS) is 10.7. The molecule has 0 saturated heterocycles. The molecule has 0 fully saturated rings. The predicted octanol–water partition coefficient (Wildman–Crippen LogP) is 5.19. The summed E-state index contributed by atoms with van der Waals surface area (Å²) in [4.78, 5) is 12.1. The van der Waals surface area contributed by atoms with Crippen LogP contribution in [0.4, 0.5) is 0 Å². The van der Waals surface area contributed by atoms with E-state index in [1.165, 1.54) is 0 Å². The Balaban J connectivity index is 1.49. The van der Waals surface area contributed by atoms with Gasteiger partial charge in [0.2, 0.25) is 0 Å². The maximum Gasteiger partial charge on any atom is 0.271 e. The fourth-order valence-corrected chi connectivity index (χ4v) is 2.76. The van der Waals surface area contributed by atoms with Gasteiger partial charge in [-0.3, -0.25) is 4.79 Å². The van der Waals surface area contributed by atoms with Crippen molar-refractivity contribution in [2.45, 2.75) is 13.5 Å². The van der Waals surface area contributed by atoms with Crippen molar-refractivity contribution >= 4 is 28.1 Å². The Hall–Kier alpha value is -3.12. The molecule has 0 aliphatic heterocycles. The van der Waals surface area contributed by atoms with Crippen molar-refractivity contribution in [3.8, 4) is 11.5 Å². The van der Waals surface area contributed by atoms with Gasteiger partial charge in [-0.25, -0.2) is 5.43 Å². The van der Waals surface area contributed by atoms with E-state index in [4.69, 9.17) is 9.47 Å². The topological polar surface area (TPSA) is 59.9 Å². The van der Waals surface area contributed by atoms with Crippen molar-refractivity contribution < 1.29 is 14.3 Å². The van der Waals surface area contributed by atoms with Crippen LogP contribution >= 0.6 is 15.9 Å². The fraction of sp³-hybridized carbons (Fsp3) is 0.130. The quantitative estimate of drug-likeness (QED) is 0.377. The van der Waals surface area contributed by atoms with Crippen LogP contribution in [0, 0.1) is 0 Å². The monoisotopic (exact) mass is 452 g/mol. The first-order chi connectivity index (χ1) is 14.1. The van der Waals surface area contributed by atoms with Crippen LogP contribution in [-0.2, 0) is 6.61 Å². The number of hydrogen-bond donors (Lipinski definition) is 1. The van der Waals surface area contributed by atoms with E-state index in [0.717, 1.165) is 27.1 Å². The second-order valence-electron chi connectivity index (χ2n) is 6.14. The molecule has 0 radical (unpaired) electrons. The Morgan fingerprint density at radius 3 is 2.21 bits per heavy atom. The first-order valence-corrected chi connectivity index (χ1v) is 9.97. The van der Waals surface area contributed by atoms with Crippen molar-refractivity contribution in [1.29, 1.82) is 0 Å². The SMILES string of the molecule is CCOc1ccc(C(=O)N/N=C/c2ccc(OCc3ccc(Br)cc3)cc2)cc1. The largest absolute Gasteiger partial charge is 0.494 e. The van der Waals surface area contributed by atoms with Crippen LogP contribution in [0.15, 0.2) is 82.4 Å². The molecule has 0 saturated carbocycles. The summed E-state index contributed by atoms with van der Waals surface area (Å²) in [5.41, 5.74) is 4.98. The van der Waals surface area contributed by atoms with E-state index in [-0.39, 0.29) is 5.91 Å². The number of halogens is 1. The van der Waals surface area contributed by atoms with E-state index < -0.39 is 0 Å². The van der Waals surface area contributed by atoms with Crippen LogP contribution in [0.1, 0.15) is 28.4 Å². The zero-order valence-corrected chi connectivity index (χ0v) is 17.6. The number of nitrogens with zero attached hydrogens (tertiary/aromatic N) is 1. The highest BCUT2D eigenvalue weighted by Gasteiger charge is 2.04. The van der Waals surface area contributed by atoms with Crippen molar-refractivity contribution in [3.63, 3.8) is 0 Å². The van der Waals surface area contributed by atoms with Gasteiger partial charge in [-0.15, -0.1) is 0 Å². The van der Waals surface area contributed by atoms with Crippen LogP contribution in [0.5, 0.6) is 11.5 Å². The van der Waals surface area contributed by atoms with Gasteiger partial charge in [0.15, 0.2) is 0 Å². The summed E-state index contributed by atoms with van der Waals surface area (Å²) in [6.07, 6.45) is 1.59. The third kappa shape index (κ3) is 6.47. The molecule has 0 unspecified atom stereocenters. The molecule has 0 aliphatic carbocycles. The fourth-order valence-electron chi connectivity index (χ4n) is 2.50. The molecule has 1 N–H and O–H groups in total. The highest BCUT2D eigenvalue weighted by Crippen LogP contribution is 2.16. The summed E-state index contributed by atoms with van der Waals surface area (Å²) in [6, 6.07) is 22.4. The van der Waals surface area contributed by atoms with Gasteiger partial charge >= 0.3 is 0 Å². The lowest BCUT2D eigenvalue weighted by Gasteiger charge is -2.06. The zero-order chi connectivity index (χ0) is 20.5. The number of hydrazone groups is 1. The summed E-state index contributed by atoms with van der Waals surface area (Å²) in [6.45, 7) is 3.00. The van der Waals surface area contributed by atoms with E-state index in [2.05, 4.69) is 26.5 Å². The first-order valence-electron chi connectivity index (χ1n) is 9.17. The second-order valence-corrected chi connectivity index (χ2v) is 7.06. The number of amides is 1. The Morgan fingerprint density at radius 1 is 0.931 bits per heavy atom. The summed E-state index contributed by atoms with van der Waals surface area (Å²) >= 11 is 3.42. The molecular formula is C23H21BrN2O3. The number of nitrogens with one attached hydrogen (secondary N) is 1. The molecule has 3 aromatic carbocycles. The number of carbonyl (C=O) groups is 1. The molecule has 0 spiro atoms. The van der Waals surface area contributed by atoms with Gasteiger partial charge in [-0.1, -0.05) is 28.1 Å². The number of ether oxygens (including phenoxy) is 2. The molecule has 0 heterocycles. The van der Waals surface area contributed by atoms with Crippen molar-refractivity contribution in [2.24, 2.45) is 5.10 Å². The molecular weight excluding hydrogens is 432 g/mol. The number of carbonyl (C=O) groups excluding carboxylic acids is 1. The van der Waals surface area contributed by atoms with Gasteiger partial charge in [-0.05, 0) is 78.7 Å². The molecule has 3 rings (SSSR count). The maximum atomic E-state index is 12.1. The lowest BCUT2D eigenvalue weighted by Crippen LogP contribution is -2.17. The van der Waals surface area contributed by atoms with Crippen LogP contribution in [-0.4, -0.2) is 18.7 Å². The van der Waals surface area contributed by atoms with Crippen LogP contribution in [0.25, 0.3) is 0 Å². The third-order valence-corrected chi connectivity index (χ3v) is 4.53. The van der Waals surface area contributed by atoms with Crippen molar-refractivity contribution in [1.82, 2.24) is 5.43 Å². The van der Waals surface area contributed by atoms with Gasteiger partial charge in [0, 0.05) is 10.0 Å². The molecule has 0 aliphatic rings. The minimum atomic E-state index is -0.279. The Morgan fingerprint density at radius 2 is 1.55 bits per heavy atom. The van der Waals surface area contributed by atoms with Gasteiger partial charge in [0.1, 0.15) is 18.1 Å². The van der Waals surface area contributed by atoms with E-state index in [0.29, 0.717) is 18.8 Å². The standard InChI is InChI=1S/C23H21BrN2O3/c1-2-28-21-13-7-19(8-14-21)23(27)26-25-15-17-5-11-22(12-6-17)29-16-18-3-9-20(24)10-4-18/h3-15H,2,16H2,1H3,(H,26,27)/b25-15+. The van der Waals surface area contributed by atoms with E-state index >= 15 is 0 Å². The Bertz CT molecular complexity index is 953. The number of rotatable bonds is 8. The molecule has 0 aromatic heterocycles. The number of hydrogen-bond acceptors (Lipinski definition) is 4. The molecule has 5 nitrogen and oxygen atoms in total. The average Bonchev–Trinajstić information content (AvgIpc) is 2.75. The molecule has 29 heavy (non-hydrogen) atoms. The van der Waals surface area contributed by atoms with E-state index in [9.17, 15) is 4.79 Å². The maximum absolute atomic E-state index is 12.1. The summed E-state index contributed by atoms with van der Waals surface area (Å²) in [5.74, 6) is 1.22. The average molecular weight is 453 g/mol. The van der Waals surface area contributed by atoms with Crippen LogP contribution < -0.4 is 14.9 Å². The summed E-state index contributed by atoms with van der Waals surface area (Å²) in [7, 11) is 0.